The summed E-state index contributed by atoms with van der Waals surface area (Å²) in [7, 11) is 4.88. The monoisotopic (exact) mass is 418 g/mol. The lowest BCUT2D eigenvalue weighted by Crippen LogP contribution is -2.48. The minimum absolute atomic E-state index is 0.132. The normalized spacial score (nSPS) is 17.0. The SMILES string of the molecule is CCN1CCN(C(c2cc(OC)c(OC)c(OC)c2)c2nnnn2C(C)(C)C)CC1. The van der Waals surface area contributed by atoms with E-state index >= 15 is 0 Å². The molecule has 1 aliphatic heterocycles. The zero-order valence-corrected chi connectivity index (χ0v) is 19.2. The lowest BCUT2D eigenvalue weighted by molar-refractivity contribution is 0.106. The molecule has 1 fully saturated rings. The van der Waals surface area contributed by atoms with E-state index in [9.17, 15) is 0 Å². The molecule has 0 saturated carbocycles. The number of hydrogen-bond acceptors (Lipinski definition) is 8. The Bertz CT molecular complexity index is 815. The zero-order valence-electron chi connectivity index (χ0n) is 19.2. The number of aromatic nitrogens is 4. The molecule has 3 rings (SSSR count). The molecule has 1 aliphatic rings. The van der Waals surface area contributed by atoms with Crippen LogP contribution in [0.5, 0.6) is 17.2 Å². The zero-order chi connectivity index (χ0) is 21.9. The van der Waals surface area contributed by atoms with E-state index in [0.717, 1.165) is 44.1 Å². The first-order valence-electron chi connectivity index (χ1n) is 10.4. The van der Waals surface area contributed by atoms with Crippen LogP contribution in [0.4, 0.5) is 0 Å². The number of nitrogens with zero attached hydrogens (tertiary/aromatic N) is 6. The van der Waals surface area contributed by atoms with Gasteiger partial charge in [0, 0.05) is 26.2 Å². The minimum Gasteiger partial charge on any atom is -0.493 e. The van der Waals surface area contributed by atoms with Gasteiger partial charge in [0.15, 0.2) is 17.3 Å². The van der Waals surface area contributed by atoms with Crippen molar-refractivity contribution in [2.75, 3.05) is 54.1 Å². The lowest BCUT2D eigenvalue weighted by Gasteiger charge is -2.39. The number of piperazine rings is 1. The van der Waals surface area contributed by atoms with E-state index in [4.69, 9.17) is 14.2 Å². The predicted octanol–water partition coefficient (Wildman–Crippen LogP) is 2.18. The average molecular weight is 419 g/mol. The van der Waals surface area contributed by atoms with Gasteiger partial charge in [0.05, 0.1) is 32.9 Å². The smallest absolute Gasteiger partial charge is 0.203 e. The van der Waals surface area contributed by atoms with Crippen LogP contribution < -0.4 is 14.2 Å². The maximum Gasteiger partial charge on any atom is 0.203 e. The van der Waals surface area contributed by atoms with Crippen LogP contribution in [-0.4, -0.2) is 84.1 Å². The van der Waals surface area contributed by atoms with Crippen LogP contribution in [-0.2, 0) is 5.54 Å². The Hall–Kier alpha value is -2.39. The Morgan fingerprint density at radius 1 is 0.967 bits per heavy atom. The third-order valence-corrected chi connectivity index (χ3v) is 5.60. The largest absolute Gasteiger partial charge is 0.493 e. The van der Waals surface area contributed by atoms with Crippen molar-refractivity contribution >= 4 is 0 Å². The fraction of sp³-hybridized carbons (Fsp3) is 0.667. The van der Waals surface area contributed by atoms with Crippen molar-refractivity contribution in [2.24, 2.45) is 0 Å². The molecule has 1 atom stereocenters. The van der Waals surface area contributed by atoms with Gasteiger partial charge in [-0.25, -0.2) is 4.68 Å². The molecule has 0 N–H and O–H groups in total. The molecule has 2 aromatic rings. The fourth-order valence-corrected chi connectivity index (χ4v) is 3.96. The maximum atomic E-state index is 5.62. The molecule has 0 aliphatic carbocycles. The van der Waals surface area contributed by atoms with E-state index in [1.165, 1.54) is 0 Å². The number of methoxy groups -OCH3 is 3. The van der Waals surface area contributed by atoms with Crippen molar-refractivity contribution in [1.29, 1.82) is 0 Å². The van der Waals surface area contributed by atoms with Crippen LogP contribution in [0.1, 0.15) is 45.1 Å². The van der Waals surface area contributed by atoms with Gasteiger partial charge >= 0.3 is 0 Å². The highest BCUT2D eigenvalue weighted by atomic mass is 16.5. The summed E-state index contributed by atoms with van der Waals surface area (Å²) < 4.78 is 18.7. The van der Waals surface area contributed by atoms with Crippen LogP contribution in [0.15, 0.2) is 12.1 Å². The summed E-state index contributed by atoms with van der Waals surface area (Å²) in [5.74, 6) is 2.63. The van der Waals surface area contributed by atoms with Crippen LogP contribution in [0.2, 0.25) is 0 Å². The Balaban J connectivity index is 2.13. The second-order valence-electron chi connectivity index (χ2n) is 8.45. The lowest BCUT2D eigenvalue weighted by atomic mass is 10.0. The van der Waals surface area contributed by atoms with Crippen molar-refractivity contribution in [3.63, 3.8) is 0 Å². The average Bonchev–Trinajstić information content (AvgIpc) is 3.23. The first-order valence-corrected chi connectivity index (χ1v) is 10.4. The van der Waals surface area contributed by atoms with Gasteiger partial charge in [0.25, 0.3) is 0 Å². The van der Waals surface area contributed by atoms with E-state index in [1.807, 2.05) is 16.8 Å². The number of ether oxygens (including phenoxy) is 3. The van der Waals surface area contributed by atoms with E-state index < -0.39 is 0 Å². The fourth-order valence-electron chi connectivity index (χ4n) is 3.96. The molecule has 0 amide bonds. The summed E-state index contributed by atoms with van der Waals surface area (Å²) in [5, 5.41) is 12.8. The Morgan fingerprint density at radius 3 is 2.03 bits per heavy atom. The molecule has 2 heterocycles. The highest BCUT2D eigenvalue weighted by Gasteiger charge is 2.34. The summed E-state index contributed by atoms with van der Waals surface area (Å²) in [5.41, 5.74) is 0.762. The quantitative estimate of drug-likeness (QED) is 0.677. The molecule has 1 saturated heterocycles. The van der Waals surface area contributed by atoms with Crippen LogP contribution in [0.25, 0.3) is 0 Å². The number of rotatable bonds is 7. The Labute approximate surface area is 178 Å². The predicted molar refractivity (Wildman–Crippen MR) is 114 cm³/mol. The molecule has 9 heteroatoms. The molecule has 166 valence electrons. The van der Waals surface area contributed by atoms with Crippen molar-refractivity contribution in [2.45, 2.75) is 39.3 Å². The van der Waals surface area contributed by atoms with E-state index in [-0.39, 0.29) is 11.6 Å². The van der Waals surface area contributed by atoms with Crippen molar-refractivity contribution < 1.29 is 14.2 Å². The Kier molecular flexibility index (Phi) is 6.82. The maximum absolute atomic E-state index is 5.62. The van der Waals surface area contributed by atoms with Gasteiger partial charge in [-0.15, -0.1) is 5.10 Å². The highest BCUT2D eigenvalue weighted by molar-refractivity contribution is 5.55. The molecule has 0 bridgehead atoms. The first kappa shape index (κ1) is 22.3. The standard InChI is InChI=1S/C21H34N6O3/c1-8-25-9-11-26(12-10-25)18(20-22-23-24-27(20)21(2,3)4)15-13-16(28-5)19(30-7)17(14-15)29-6/h13-14,18H,8-12H2,1-7H3. The van der Waals surface area contributed by atoms with E-state index in [2.05, 4.69) is 53.0 Å². The van der Waals surface area contributed by atoms with Gasteiger partial charge in [-0.2, -0.15) is 0 Å². The van der Waals surface area contributed by atoms with Crippen molar-refractivity contribution in [3.8, 4) is 17.2 Å². The molecule has 1 unspecified atom stereocenters. The van der Waals surface area contributed by atoms with Crippen molar-refractivity contribution in [3.05, 3.63) is 23.5 Å². The van der Waals surface area contributed by atoms with Crippen LogP contribution >= 0.6 is 0 Å². The third-order valence-electron chi connectivity index (χ3n) is 5.60. The molecular weight excluding hydrogens is 384 g/mol. The van der Waals surface area contributed by atoms with Gasteiger partial charge in [0.2, 0.25) is 5.75 Å². The molecular formula is C21H34N6O3. The van der Waals surface area contributed by atoms with Gasteiger partial charge in [-0.1, -0.05) is 6.92 Å². The minimum atomic E-state index is -0.247. The van der Waals surface area contributed by atoms with Gasteiger partial charge in [0.1, 0.15) is 0 Å². The first-order chi connectivity index (χ1) is 14.3. The molecule has 9 nitrogen and oxygen atoms in total. The molecule has 1 aromatic heterocycles. The number of likely N-dealkylation sites (N-methyl/N-ethyl adjacent to an activating group) is 1. The molecule has 0 spiro atoms. The summed E-state index contributed by atoms with van der Waals surface area (Å²) in [6, 6.07) is 3.87. The third kappa shape index (κ3) is 4.37. The highest BCUT2D eigenvalue weighted by Crippen LogP contribution is 2.42. The summed E-state index contributed by atoms with van der Waals surface area (Å²) in [6.07, 6.45) is 0. The van der Waals surface area contributed by atoms with Gasteiger partial charge < -0.3 is 19.1 Å². The summed E-state index contributed by atoms with van der Waals surface area (Å²) in [4.78, 5) is 4.89. The number of benzene rings is 1. The van der Waals surface area contributed by atoms with Gasteiger partial charge in [-0.05, 0) is 55.4 Å². The number of hydrogen-bond donors (Lipinski definition) is 0. The Morgan fingerprint density at radius 2 is 1.57 bits per heavy atom. The van der Waals surface area contributed by atoms with E-state index in [1.54, 1.807) is 21.3 Å². The van der Waals surface area contributed by atoms with Crippen LogP contribution in [0.3, 0.4) is 0 Å². The molecule has 0 radical (unpaired) electrons. The second-order valence-corrected chi connectivity index (χ2v) is 8.45. The second kappa shape index (κ2) is 9.18. The van der Waals surface area contributed by atoms with E-state index in [0.29, 0.717) is 17.2 Å². The summed E-state index contributed by atoms with van der Waals surface area (Å²) in [6.45, 7) is 13.4. The van der Waals surface area contributed by atoms with Crippen LogP contribution in [0, 0.1) is 0 Å². The number of tetrazole rings is 1. The van der Waals surface area contributed by atoms with Gasteiger partial charge in [-0.3, -0.25) is 4.90 Å². The topological polar surface area (TPSA) is 77.8 Å². The molecule has 30 heavy (non-hydrogen) atoms. The summed E-state index contributed by atoms with van der Waals surface area (Å²) >= 11 is 0. The van der Waals surface area contributed by atoms with Crippen molar-refractivity contribution in [1.82, 2.24) is 30.0 Å². The molecule has 1 aromatic carbocycles.